The maximum absolute atomic E-state index is 11.8. The highest BCUT2D eigenvalue weighted by Crippen LogP contribution is 2.33. The van der Waals surface area contributed by atoms with Gasteiger partial charge < -0.3 is 10.6 Å². The summed E-state index contributed by atoms with van der Waals surface area (Å²) in [5, 5.41) is 6.15. The van der Waals surface area contributed by atoms with E-state index >= 15 is 0 Å². The van der Waals surface area contributed by atoms with Crippen LogP contribution in [0.5, 0.6) is 0 Å². The standard InChI is InChI=1S/C13H19N3O/c1-3-15-11-8-9-16(13(17)14-2)12-7-5-4-6-10(11)12/h4-7,11,15H,3,8-9H2,1-2H3,(H,14,17). The van der Waals surface area contributed by atoms with Gasteiger partial charge in [-0.3, -0.25) is 4.90 Å². The third kappa shape index (κ3) is 2.26. The molecule has 1 aliphatic rings. The zero-order valence-electron chi connectivity index (χ0n) is 10.4. The second kappa shape index (κ2) is 5.19. The summed E-state index contributed by atoms with van der Waals surface area (Å²) in [6.45, 7) is 3.81. The molecule has 2 N–H and O–H groups in total. The van der Waals surface area contributed by atoms with Crippen LogP contribution in [0.4, 0.5) is 10.5 Å². The number of rotatable bonds is 2. The Bertz CT molecular complexity index is 405. The molecule has 4 heteroatoms. The molecule has 2 rings (SSSR count). The second-order valence-electron chi connectivity index (χ2n) is 4.16. The molecule has 92 valence electrons. The molecule has 1 atom stereocenters. The lowest BCUT2D eigenvalue weighted by Gasteiger charge is -2.34. The molecule has 0 saturated heterocycles. The molecule has 1 unspecified atom stereocenters. The van der Waals surface area contributed by atoms with Crippen molar-refractivity contribution in [3.63, 3.8) is 0 Å². The van der Waals surface area contributed by atoms with E-state index < -0.39 is 0 Å². The molecular formula is C13H19N3O. The maximum atomic E-state index is 11.8. The van der Waals surface area contributed by atoms with Gasteiger partial charge in [-0.2, -0.15) is 0 Å². The van der Waals surface area contributed by atoms with E-state index in [0.717, 1.165) is 25.2 Å². The molecule has 0 fully saturated rings. The van der Waals surface area contributed by atoms with E-state index in [4.69, 9.17) is 0 Å². The zero-order chi connectivity index (χ0) is 12.3. The lowest BCUT2D eigenvalue weighted by Crippen LogP contribution is -2.43. The van der Waals surface area contributed by atoms with E-state index in [1.165, 1.54) is 5.56 Å². The van der Waals surface area contributed by atoms with Crippen LogP contribution in [0.1, 0.15) is 24.9 Å². The summed E-state index contributed by atoms with van der Waals surface area (Å²) in [7, 11) is 1.67. The Balaban J connectivity index is 2.33. The van der Waals surface area contributed by atoms with Gasteiger partial charge in [0.2, 0.25) is 0 Å². The minimum absolute atomic E-state index is 0.0348. The summed E-state index contributed by atoms with van der Waals surface area (Å²) in [5.74, 6) is 0. The summed E-state index contributed by atoms with van der Waals surface area (Å²) in [6.07, 6.45) is 0.957. The normalized spacial score (nSPS) is 18.7. The Hall–Kier alpha value is -1.55. The Morgan fingerprint density at radius 2 is 2.24 bits per heavy atom. The van der Waals surface area contributed by atoms with Crippen molar-refractivity contribution in [1.82, 2.24) is 10.6 Å². The molecule has 1 aliphatic heterocycles. The SMILES string of the molecule is CCNC1CCN(C(=O)NC)c2ccccc21. The van der Waals surface area contributed by atoms with Gasteiger partial charge in [0.25, 0.3) is 0 Å². The molecule has 1 aromatic rings. The van der Waals surface area contributed by atoms with E-state index in [1.807, 2.05) is 23.1 Å². The highest BCUT2D eigenvalue weighted by Gasteiger charge is 2.27. The van der Waals surface area contributed by atoms with Crippen LogP contribution >= 0.6 is 0 Å². The number of anilines is 1. The van der Waals surface area contributed by atoms with E-state index in [1.54, 1.807) is 7.05 Å². The Morgan fingerprint density at radius 3 is 2.94 bits per heavy atom. The Kier molecular flexibility index (Phi) is 3.64. The first-order valence-corrected chi connectivity index (χ1v) is 6.09. The van der Waals surface area contributed by atoms with Gasteiger partial charge in [0.05, 0.1) is 5.69 Å². The summed E-state index contributed by atoms with van der Waals surface area (Å²) in [6, 6.07) is 8.43. The van der Waals surface area contributed by atoms with Crippen molar-refractivity contribution >= 4 is 11.7 Å². The summed E-state index contributed by atoms with van der Waals surface area (Å²) in [5.41, 5.74) is 2.23. The number of amides is 2. The van der Waals surface area contributed by atoms with Crippen molar-refractivity contribution in [3.8, 4) is 0 Å². The van der Waals surface area contributed by atoms with Crippen molar-refractivity contribution in [2.45, 2.75) is 19.4 Å². The number of hydrogen-bond donors (Lipinski definition) is 2. The highest BCUT2D eigenvalue weighted by molar-refractivity contribution is 5.93. The van der Waals surface area contributed by atoms with Crippen LogP contribution in [0.3, 0.4) is 0 Å². The van der Waals surface area contributed by atoms with Gasteiger partial charge in [-0.15, -0.1) is 0 Å². The molecule has 17 heavy (non-hydrogen) atoms. The molecular weight excluding hydrogens is 214 g/mol. The van der Waals surface area contributed by atoms with Crippen LogP contribution in [-0.2, 0) is 0 Å². The predicted molar refractivity (Wildman–Crippen MR) is 69.3 cm³/mol. The lowest BCUT2D eigenvalue weighted by molar-refractivity contribution is 0.247. The fraction of sp³-hybridized carbons (Fsp3) is 0.462. The quantitative estimate of drug-likeness (QED) is 0.819. The van der Waals surface area contributed by atoms with Gasteiger partial charge in [0, 0.05) is 19.6 Å². The first kappa shape index (κ1) is 11.9. The Morgan fingerprint density at radius 1 is 1.47 bits per heavy atom. The van der Waals surface area contributed by atoms with E-state index in [-0.39, 0.29) is 6.03 Å². The fourth-order valence-corrected chi connectivity index (χ4v) is 2.37. The zero-order valence-corrected chi connectivity index (χ0v) is 10.4. The molecule has 4 nitrogen and oxygen atoms in total. The van der Waals surface area contributed by atoms with Gasteiger partial charge in [-0.25, -0.2) is 4.79 Å². The van der Waals surface area contributed by atoms with Crippen LogP contribution < -0.4 is 15.5 Å². The minimum Gasteiger partial charge on any atom is -0.341 e. The van der Waals surface area contributed by atoms with Crippen LogP contribution in [0, 0.1) is 0 Å². The molecule has 2 amide bonds. The molecule has 0 spiro atoms. The molecule has 0 saturated carbocycles. The maximum Gasteiger partial charge on any atom is 0.321 e. The van der Waals surface area contributed by atoms with Crippen LogP contribution in [0.2, 0.25) is 0 Å². The topological polar surface area (TPSA) is 44.4 Å². The number of hydrogen-bond acceptors (Lipinski definition) is 2. The van der Waals surface area contributed by atoms with Crippen molar-refractivity contribution < 1.29 is 4.79 Å². The minimum atomic E-state index is -0.0348. The molecule has 0 aliphatic carbocycles. The van der Waals surface area contributed by atoms with Crippen LogP contribution in [-0.4, -0.2) is 26.2 Å². The number of nitrogens with zero attached hydrogens (tertiary/aromatic N) is 1. The number of nitrogens with one attached hydrogen (secondary N) is 2. The van der Waals surface area contributed by atoms with Crippen molar-refractivity contribution in [2.24, 2.45) is 0 Å². The third-order valence-electron chi connectivity index (χ3n) is 3.15. The fourth-order valence-electron chi connectivity index (χ4n) is 2.37. The average molecular weight is 233 g/mol. The largest absolute Gasteiger partial charge is 0.341 e. The number of benzene rings is 1. The van der Waals surface area contributed by atoms with Gasteiger partial charge in [-0.1, -0.05) is 25.1 Å². The van der Waals surface area contributed by atoms with Gasteiger partial charge >= 0.3 is 6.03 Å². The van der Waals surface area contributed by atoms with Crippen molar-refractivity contribution in [1.29, 1.82) is 0 Å². The molecule has 1 heterocycles. The number of urea groups is 1. The predicted octanol–water partition coefficient (Wildman–Crippen LogP) is 1.89. The molecule has 0 radical (unpaired) electrons. The molecule has 1 aromatic carbocycles. The second-order valence-corrected chi connectivity index (χ2v) is 4.16. The molecule has 0 aromatic heterocycles. The number of para-hydroxylation sites is 1. The van der Waals surface area contributed by atoms with Gasteiger partial charge in [-0.05, 0) is 24.6 Å². The number of carbonyl (C=O) groups is 1. The van der Waals surface area contributed by atoms with E-state index in [2.05, 4.69) is 23.6 Å². The lowest BCUT2D eigenvalue weighted by atomic mass is 9.96. The average Bonchev–Trinajstić information content (AvgIpc) is 2.38. The van der Waals surface area contributed by atoms with Crippen molar-refractivity contribution in [3.05, 3.63) is 29.8 Å². The third-order valence-corrected chi connectivity index (χ3v) is 3.15. The van der Waals surface area contributed by atoms with Crippen LogP contribution in [0.25, 0.3) is 0 Å². The smallest absolute Gasteiger partial charge is 0.321 e. The first-order valence-electron chi connectivity index (χ1n) is 6.09. The Labute approximate surface area is 102 Å². The van der Waals surface area contributed by atoms with E-state index in [0.29, 0.717) is 6.04 Å². The van der Waals surface area contributed by atoms with E-state index in [9.17, 15) is 4.79 Å². The first-order chi connectivity index (χ1) is 8.27. The molecule has 0 bridgehead atoms. The number of fused-ring (bicyclic) bond motifs is 1. The monoisotopic (exact) mass is 233 g/mol. The number of carbonyl (C=O) groups excluding carboxylic acids is 1. The van der Waals surface area contributed by atoms with Gasteiger partial charge in [0.15, 0.2) is 0 Å². The van der Waals surface area contributed by atoms with Crippen molar-refractivity contribution in [2.75, 3.05) is 25.0 Å². The summed E-state index contributed by atoms with van der Waals surface area (Å²) >= 11 is 0. The van der Waals surface area contributed by atoms with Crippen LogP contribution in [0.15, 0.2) is 24.3 Å². The summed E-state index contributed by atoms with van der Waals surface area (Å²) < 4.78 is 0. The highest BCUT2D eigenvalue weighted by atomic mass is 16.2. The van der Waals surface area contributed by atoms with Gasteiger partial charge in [0.1, 0.15) is 0 Å². The summed E-state index contributed by atoms with van der Waals surface area (Å²) in [4.78, 5) is 13.6.